The molecule has 7 nitrogen and oxygen atoms in total. The van der Waals surface area contributed by atoms with Gasteiger partial charge >= 0.3 is 0 Å². The third kappa shape index (κ3) is 3.98. The zero-order chi connectivity index (χ0) is 19.4. The smallest absolute Gasteiger partial charge is 0.251 e. The van der Waals surface area contributed by atoms with Gasteiger partial charge in [0.05, 0.1) is 5.69 Å². The third-order valence-corrected chi connectivity index (χ3v) is 5.69. The van der Waals surface area contributed by atoms with Crippen LogP contribution < -0.4 is 5.32 Å². The van der Waals surface area contributed by atoms with Crippen molar-refractivity contribution in [3.05, 3.63) is 70.5 Å². The van der Waals surface area contributed by atoms with Crippen molar-refractivity contribution >= 4 is 21.8 Å². The quantitative estimate of drug-likeness (QED) is 0.657. The Balaban J connectivity index is 1.53. The van der Waals surface area contributed by atoms with Crippen LogP contribution in [0.4, 0.5) is 0 Å². The molecule has 3 aromatic rings. The first-order valence-electron chi connectivity index (χ1n) is 9.12. The number of hydrogen-bond donors (Lipinski definition) is 1. The Kier molecular flexibility index (Phi) is 5.50. The summed E-state index contributed by atoms with van der Waals surface area (Å²) in [7, 11) is 0. The van der Waals surface area contributed by atoms with E-state index in [2.05, 4.69) is 48.9 Å². The number of hydrogen-bond acceptors (Lipinski definition) is 5. The summed E-state index contributed by atoms with van der Waals surface area (Å²) in [5.74, 6) is -0.115. The molecule has 0 atom stereocenters. The molecule has 0 unspecified atom stereocenters. The highest BCUT2D eigenvalue weighted by Gasteiger charge is 2.35. The Hall–Kier alpha value is -2.58. The van der Waals surface area contributed by atoms with Crippen LogP contribution in [0, 0.1) is 0 Å². The minimum absolute atomic E-state index is 0.115. The minimum Gasteiger partial charge on any atom is -0.381 e. The van der Waals surface area contributed by atoms with E-state index < -0.39 is 0 Å². The van der Waals surface area contributed by atoms with E-state index in [0.29, 0.717) is 25.3 Å². The van der Waals surface area contributed by atoms with Crippen LogP contribution in [-0.4, -0.2) is 45.9 Å². The van der Waals surface area contributed by atoms with Crippen molar-refractivity contribution in [3.63, 3.8) is 0 Å². The molecule has 1 aliphatic heterocycles. The number of tetrazole rings is 1. The molecule has 0 aliphatic carbocycles. The SMILES string of the molecule is O=C(NCC1(c2cccc(Br)c2)CCOCC1)c1cccc(-n2cnnn2)c1. The largest absolute Gasteiger partial charge is 0.381 e. The fourth-order valence-electron chi connectivity index (χ4n) is 3.57. The molecule has 4 rings (SSSR count). The molecule has 2 heterocycles. The summed E-state index contributed by atoms with van der Waals surface area (Å²) in [4.78, 5) is 12.8. The molecule has 1 saturated heterocycles. The maximum Gasteiger partial charge on any atom is 0.251 e. The maximum atomic E-state index is 12.8. The summed E-state index contributed by atoms with van der Waals surface area (Å²) in [5, 5.41) is 14.3. The van der Waals surface area contributed by atoms with E-state index in [1.165, 1.54) is 16.6 Å². The highest BCUT2D eigenvalue weighted by molar-refractivity contribution is 9.10. The van der Waals surface area contributed by atoms with Gasteiger partial charge in [0, 0.05) is 35.2 Å². The molecule has 1 amide bonds. The number of nitrogens with one attached hydrogen (secondary N) is 1. The van der Waals surface area contributed by atoms with Gasteiger partial charge in [-0.1, -0.05) is 34.1 Å². The molecule has 1 fully saturated rings. The number of ether oxygens (including phenoxy) is 1. The summed E-state index contributed by atoms with van der Waals surface area (Å²) in [6.07, 6.45) is 3.24. The van der Waals surface area contributed by atoms with Gasteiger partial charge in [-0.25, -0.2) is 4.68 Å². The van der Waals surface area contributed by atoms with Crippen molar-refractivity contribution < 1.29 is 9.53 Å². The minimum atomic E-state index is -0.134. The van der Waals surface area contributed by atoms with Crippen LogP contribution in [0.5, 0.6) is 0 Å². The molecule has 0 bridgehead atoms. The van der Waals surface area contributed by atoms with Crippen LogP contribution in [0.15, 0.2) is 59.3 Å². The van der Waals surface area contributed by atoms with Gasteiger partial charge in [0.1, 0.15) is 6.33 Å². The lowest BCUT2D eigenvalue weighted by Gasteiger charge is -2.38. The van der Waals surface area contributed by atoms with Crippen LogP contribution in [0.2, 0.25) is 0 Å². The first-order valence-corrected chi connectivity index (χ1v) is 9.91. The Morgan fingerprint density at radius 1 is 1.18 bits per heavy atom. The Morgan fingerprint density at radius 3 is 2.75 bits per heavy atom. The zero-order valence-corrected chi connectivity index (χ0v) is 16.8. The van der Waals surface area contributed by atoms with Crippen molar-refractivity contribution in [2.75, 3.05) is 19.8 Å². The van der Waals surface area contributed by atoms with Gasteiger partial charge in [-0.05, 0) is 59.2 Å². The number of rotatable bonds is 5. The molecule has 1 aromatic heterocycles. The molecule has 0 saturated carbocycles. The molecule has 0 radical (unpaired) electrons. The summed E-state index contributed by atoms with van der Waals surface area (Å²) >= 11 is 3.56. The van der Waals surface area contributed by atoms with Crippen LogP contribution >= 0.6 is 15.9 Å². The predicted octanol–water partition coefficient (Wildman–Crippen LogP) is 2.90. The second-order valence-corrected chi connectivity index (χ2v) is 7.81. The third-order valence-electron chi connectivity index (χ3n) is 5.20. The maximum absolute atomic E-state index is 12.8. The summed E-state index contributed by atoms with van der Waals surface area (Å²) in [6, 6.07) is 15.6. The average Bonchev–Trinajstić information content (AvgIpc) is 3.28. The van der Waals surface area contributed by atoms with Crippen molar-refractivity contribution in [1.29, 1.82) is 0 Å². The molecule has 28 heavy (non-hydrogen) atoms. The number of aromatic nitrogens is 4. The van der Waals surface area contributed by atoms with Crippen molar-refractivity contribution in [1.82, 2.24) is 25.5 Å². The summed E-state index contributed by atoms with van der Waals surface area (Å²) < 4.78 is 8.14. The molecule has 144 valence electrons. The van der Waals surface area contributed by atoms with Crippen LogP contribution in [-0.2, 0) is 10.2 Å². The average molecular weight is 442 g/mol. The Labute approximate surface area is 171 Å². The molecule has 1 N–H and O–H groups in total. The van der Waals surface area contributed by atoms with E-state index in [4.69, 9.17) is 4.74 Å². The lowest BCUT2D eigenvalue weighted by Crippen LogP contribution is -2.44. The molecular weight excluding hydrogens is 422 g/mol. The number of amides is 1. The van der Waals surface area contributed by atoms with Gasteiger partial charge in [0.2, 0.25) is 0 Å². The second-order valence-electron chi connectivity index (χ2n) is 6.89. The van der Waals surface area contributed by atoms with Gasteiger partial charge < -0.3 is 10.1 Å². The topological polar surface area (TPSA) is 81.9 Å². The fourth-order valence-corrected chi connectivity index (χ4v) is 3.97. The lowest BCUT2D eigenvalue weighted by atomic mass is 9.74. The van der Waals surface area contributed by atoms with Crippen molar-refractivity contribution in [2.45, 2.75) is 18.3 Å². The van der Waals surface area contributed by atoms with E-state index in [1.54, 1.807) is 12.1 Å². The number of carbonyl (C=O) groups is 1. The first kappa shape index (κ1) is 18.8. The summed E-state index contributed by atoms with van der Waals surface area (Å²) in [6.45, 7) is 1.94. The van der Waals surface area contributed by atoms with Gasteiger partial charge in [0.25, 0.3) is 5.91 Å². The second kappa shape index (κ2) is 8.20. The monoisotopic (exact) mass is 441 g/mol. The zero-order valence-electron chi connectivity index (χ0n) is 15.2. The van der Waals surface area contributed by atoms with Crippen molar-refractivity contribution in [3.8, 4) is 5.69 Å². The molecular formula is C20H20BrN5O2. The van der Waals surface area contributed by atoms with Gasteiger partial charge in [-0.15, -0.1) is 5.10 Å². The summed E-state index contributed by atoms with van der Waals surface area (Å²) in [5.41, 5.74) is 2.40. The van der Waals surface area contributed by atoms with Crippen LogP contribution in [0.25, 0.3) is 5.69 Å². The van der Waals surface area contributed by atoms with Crippen molar-refractivity contribution in [2.24, 2.45) is 0 Å². The van der Waals surface area contributed by atoms with E-state index in [9.17, 15) is 4.79 Å². The highest BCUT2D eigenvalue weighted by Crippen LogP contribution is 2.35. The number of benzene rings is 2. The Bertz CT molecular complexity index is 955. The molecule has 8 heteroatoms. The van der Waals surface area contributed by atoms with Gasteiger partial charge in [0.15, 0.2) is 0 Å². The van der Waals surface area contributed by atoms with Gasteiger partial charge in [-0.2, -0.15) is 0 Å². The lowest BCUT2D eigenvalue weighted by molar-refractivity contribution is 0.0487. The molecule has 2 aromatic carbocycles. The normalized spacial score (nSPS) is 15.9. The van der Waals surface area contributed by atoms with E-state index >= 15 is 0 Å². The van der Waals surface area contributed by atoms with Crippen LogP contribution in [0.3, 0.4) is 0 Å². The van der Waals surface area contributed by atoms with E-state index in [0.717, 1.165) is 23.0 Å². The van der Waals surface area contributed by atoms with E-state index in [-0.39, 0.29) is 11.3 Å². The number of nitrogens with zero attached hydrogens (tertiary/aromatic N) is 4. The predicted molar refractivity (Wildman–Crippen MR) is 107 cm³/mol. The van der Waals surface area contributed by atoms with Gasteiger partial charge in [-0.3, -0.25) is 4.79 Å². The first-order chi connectivity index (χ1) is 13.7. The number of carbonyl (C=O) groups excluding carboxylic acids is 1. The van der Waals surface area contributed by atoms with Crippen LogP contribution in [0.1, 0.15) is 28.8 Å². The highest BCUT2D eigenvalue weighted by atomic mass is 79.9. The number of halogens is 1. The fraction of sp³-hybridized carbons (Fsp3) is 0.300. The van der Waals surface area contributed by atoms with E-state index in [1.807, 2.05) is 24.3 Å². The Morgan fingerprint density at radius 2 is 2.00 bits per heavy atom. The molecule has 1 aliphatic rings. The standard InChI is InChI=1S/C20H20BrN5O2/c21-17-5-2-4-16(12-17)20(7-9-28-10-8-20)13-22-19(27)15-3-1-6-18(11-15)26-14-23-24-25-26/h1-6,11-12,14H,7-10,13H2,(H,22,27). The molecule has 0 spiro atoms.